The molecule has 1 aromatic heterocycles. The number of halogens is 1. The van der Waals surface area contributed by atoms with Gasteiger partial charge in [0.1, 0.15) is 17.4 Å². The quantitative estimate of drug-likeness (QED) is 0.542. The molecule has 6 nitrogen and oxygen atoms in total. The second kappa shape index (κ2) is 10.2. The van der Waals surface area contributed by atoms with E-state index in [-0.39, 0.29) is 12.5 Å². The normalized spacial score (nSPS) is 13.8. The van der Waals surface area contributed by atoms with E-state index < -0.39 is 0 Å². The van der Waals surface area contributed by atoms with Crippen LogP contribution in [0.15, 0.2) is 48.5 Å². The van der Waals surface area contributed by atoms with Crippen LogP contribution in [-0.2, 0) is 11.2 Å². The van der Waals surface area contributed by atoms with Crippen molar-refractivity contribution in [1.29, 1.82) is 0 Å². The number of ether oxygens (including phenoxy) is 1. The minimum atomic E-state index is -0.0143. The largest absolute Gasteiger partial charge is 0.484 e. The molecule has 172 valence electrons. The second-order valence-electron chi connectivity index (χ2n) is 8.43. The molecule has 0 atom stereocenters. The van der Waals surface area contributed by atoms with Gasteiger partial charge in [0.2, 0.25) is 0 Å². The van der Waals surface area contributed by atoms with Crippen LogP contribution in [0.25, 0.3) is 0 Å². The molecule has 0 radical (unpaired) electrons. The van der Waals surface area contributed by atoms with Gasteiger partial charge in [-0.15, -0.1) is 0 Å². The molecule has 1 aliphatic heterocycles. The summed E-state index contributed by atoms with van der Waals surface area (Å²) in [5.41, 5.74) is 4.64. The van der Waals surface area contributed by atoms with Crippen LogP contribution < -0.4 is 9.64 Å². The first-order valence-corrected chi connectivity index (χ1v) is 11.6. The van der Waals surface area contributed by atoms with Gasteiger partial charge in [0, 0.05) is 48.9 Å². The molecule has 0 bridgehead atoms. The lowest BCUT2D eigenvalue weighted by atomic mass is 10.0. The molecule has 0 saturated carbocycles. The molecule has 1 fully saturated rings. The van der Waals surface area contributed by atoms with Crippen molar-refractivity contribution in [2.45, 2.75) is 27.2 Å². The van der Waals surface area contributed by atoms with Gasteiger partial charge in [-0.2, -0.15) is 0 Å². The zero-order chi connectivity index (χ0) is 23.4. The Labute approximate surface area is 200 Å². The highest BCUT2D eigenvalue weighted by Gasteiger charge is 2.25. The van der Waals surface area contributed by atoms with Gasteiger partial charge in [-0.25, -0.2) is 9.97 Å². The molecule has 3 aromatic rings. The number of hydrogen-bond acceptors (Lipinski definition) is 5. The van der Waals surface area contributed by atoms with Crippen molar-refractivity contribution in [2.75, 3.05) is 37.7 Å². The van der Waals surface area contributed by atoms with E-state index in [0.29, 0.717) is 23.9 Å². The highest BCUT2D eigenvalue weighted by Crippen LogP contribution is 2.25. The van der Waals surface area contributed by atoms with Crippen LogP contribution in [0.1, 0.15) is 28.2 Å². The van der Waals surface area contributed by atoms with Gasteiger partial charge in [-0.1, -0.05) is 41.4 Å². The Hall–Kier alpha value is -3.12. The predicted octanol–water partition coefficient (Wildman–Crippen LogP) is 4.37. The van der Waals surface area contributed by atoms with Crippen LogP contribution in [0, 0.1) is 20.8 Å². The van der Waals surface area contributed by atoms with Crippen LogP contribution in [0.5, 0.6) is 5.75 Å². The molecule has 1 aliphatic rings. The molecule has 7 heteroatoms. The summed E-state index contributed by atoms with van der Waals surface area (Å²) in [5, 5.41) is 0.641. The third kappa shape index (κ3) is 5.82. The SMILES string of the molecule is Cc1ccc(Cc2c(C)nc(C)nc2N2CCN(C(=O)COc3ccc(Cl)cc3)CC2)cc1. The Morgan fingerprint density at radius 2 is 1.61 bits per heavy atom. The number of hydrogen-bond donors (Lipinski definition) is 0. The van der Waals surface area contributed by atoms with Crippen LogP contribution in [0.2, 0.25) is 5.02 Å². The van der Waals surface area contributed by atoms with Gasteiger partial charge < -0.3 is 14.5 Å². The van der Waals surface area contributed by atoms with E-state index in [4.69, 9.17) is 21.3 Å². The number of carbonyl (C=O) groups excluding carboxylic acids is 1. The Kier molecular flexibility index (Phi) is 7.14. The van der Waals surface area contributed by atoms with Crippen molar-refractivity contribution in [2.24, 2.45) is 0 Å². The van der Waals surface area contributed by atoms with Gasteiger partial charge in [0.15, 0.2) is 6.61 Å². The van der Waals surface area contributed by atoms with E-state index in [9.17, 15) is 4.79 Å². The maximum absolute atomic E-state index is 12.7. The van der Waals surface area contributed by atoms with Crippen LogP contribution in [-0.4, -0.2) is 53.6 Å². The van der Waals surface area contributed by atoms with Gasteiger partial charge in [-0.3, -0.25) is 4.79 Å². The Morgan fingerprint density at radius 3 is 2.27 bits per heavy atom. The summed E-state index contributed by atoms with van der Waals surface area (Å²) in [4.78, 5) is 26.2. The summed E-state index contributed by atoms with van der Waals surface area (Å²) < 4.78 is 5.63. The summed E-state index contributed by atoms with van der Waals surface area (Å²) in [6.45, 7) is 8.81. The van der Waals surface area contributed by atoms with Gasteiger partial charge in [0.05, 0.1) is 0 Å². The van der Waals surface area contributed by atoms with Crippen molar-refractivity contribution in [3.8, 4) is 5.75 Å². The molecule has 0 N–H and O–H groups in total. The van der Waals surface area contributed by atoms with E-state index >= 15 is 0 Å². The first-order valence-electron chi connectivity index (χ1n) is 11.2. The van der Waals surface area contributed by atoms with E-state index in [2.05, 4.69) is 48.0 Å². The average Bonchev–Trinajstić information content (AvgIpc) is 2.81. The third-order valence-electron chi connectivity index (χ3n) is 5.91. The molecule has 1 saturated heterocycles. The second-order valence-corrected chi connectivity index (χ2v) is 8.87. The minimum absolute atomic E-state index is 0.0143. The van der Waals surface area contributed by atoms with Gasteiger partial charge in [0.25, 0.3) is 5.91 Å². The lowest BCUT2D eigenvalue weighted by molar-refractivity contribution is -0.133. The fraction of sp³-hybridized carbons (Fsp3) is 0.346. The molecule has 1 amide bonds. The van der Waals surface area contributed by atoms with Crippen molar-refractivity contribution in [1.82, 2.24) is 14.9 Å². The summed E-state index contributed by atoms with van der Waals surface area (Å²) in [7, 11) is 0. The maximum atomic E-state index is 12.7. The fourth-order valence-corrected chi connectivity index (χ4v) is 4.16. The molecular weight excluding hydrogens is 436 g/mol. The molecule has 0 spiro atoms. The molecule has 2 aromatic carbocycles. The van der Waals surface area contributed by atoms with Gasteiger partial charge in [-0.05, 0) is 50.6 Å². The highest BCUT2D eigenvalue weighted by atomic mass is 35.5. The maximum Gasteiger partial charge on any atom is 0.260 e. The number of aryl methyl sites for hydroxylation is 3. The van der Waals surface area contributed by atoms with Crippen molar-refractivity contribution in [3.05, 3.63) is 81.8 Å². The zero-order valence-corrected chi connectivity index (χ0v) is 20.1. The third-order valence-corrected chi connectivity index (χ3v) is 6.17. The lowest BCUT2D eigenvalue weighted by Gasteiger charge is -2.36. The zero-order valence-electron chi connectivity index (χ0n) is 19.3. The summed E-state index contributed by atoms with van der Waals surface area (Å²) in [5.74, 6) is 2.37. The van der Waals surface area contributed by atoms with Crippen LogP contribution in [0.4, 0.5) is 5.82 Å². The average molecular weight is 465 g/mol. The number of nitrogens with zero attached hydrogens (tertiary/aromatic N) is 4. The Balaban J connectivity index is 1.41. The first-order chi connectivity index (χ1) is 15.9. The molecular formula is C26H29ClN4O2. The monoisotopic (exact) mass is 464 g/mol. The summed E-state index contributed by atoms with van der Waals surface area (Å²) in [6.07, 6.45) is 0.788. The van der Waals surface area contributed by atoms with Crippen LogP contribution in [0.3, 0.4) is 0 Å². The topological polar surface area (TPSA) is 58.6 Å². The molecule has 0 aliphatic carbocycles. The van der Waals surface area contributed by atoms with Gasteiger partial charge >= 0.3 is 0 Å². The Morgan fingerprint density at radius 1 is 0.939 bits per heavy atom. The molecule has 2 heterocycles. The van der Waals surface area contributed by atoms with Crippen molar-refractivity contribution in [3.63, 3.8) is 0 Å². The van der Waals surface area contributed by atoms with Crippen molar-refractivity contribution < 1.29 is 9.53 Å². The predicted molar refractivity (Wildman–Crippen MR) is 131 cm³/mol. The van der Waals surface area contributed by atoms with E-state index in [1.807, 2.05) is 11.8 Å². The molecule has 33 heavy (non-hydrogen) atoms. The summed E-state index contributed by atoms with van der Waals surface area (Å²) >= 11 is 5.90. The fourth-order valence-electron chi connectivity index (χ4n) is 4.03. The number of amides is 1. The number of anilines is 1. The highest BCUT2D eigenvalue weighted by molar-refractivity contribution is 6.30. The smallest absolute Gasteiger partial charge is 0.260 e. The van der Waals surface area contributed by atoms with Crippen molar-refractivity contribution >= 4 is 23.3 Å². The number of carbonyl (C=O) groups is 1. The van der Waals surface area contributed by atoms with E-state index in [0.717, 1.165) is 42.4 Å². The number of benzene rings is 2. The van der Waals surface area contributed by atoms with E-state index in [1.54, 1.807) is 24.3 Å². The summed E-state index contributed by atoms with van der Waals surface area (Å²) in [6, 6.07) is 15.6. The number of rotatable bonds is 6. The minimum Gasteiger partial charge on any atom is -0.484 e. The molecule has 4 rings (SSSR count). The number of piperazine rings is 1. The molecule has 0 unspecified atom stereocenters. The standard InChI is InChI=1S/C26H29ClN4O2/c1-18-4-6-21(7-5-18)16-24-19(2)28-20(3)29-26(24)31-14-12-30(13-15-31)25(32)17-33-23-10-8-22(27)9-11-23/h4-11H,12-17H2,1-3H3. The van der Waals surface area contributed by atoms with E-state index in [1.165, 1.54) is 11.1 Å². The lowest BCUT2D eigenvalue weighted by Crippen LogP contribution is -2.50. The van der Waals surface area contributed by atoms with Crippen LogP contribution >= 0.6 is 11.6 Å². The Bertz CT molecular complexity index is 1110. The first kappa shape index (κ1) is 23.1. The number of aromatic nitrogens is 2.